The molecule has 0 unspecified atom stereocenters. The second-order valence-electron chi connectivity index (χ2n) is 3.48. The molecule has 1 aromatic carbocycles. The monoisotopic (exact) mass is 234 g/mol. The van der Waals surface area contributed by atoms with Gasteiger partial charge in [-0.3, -0.25) is 4.79 Å². The van der Waals surface area contributed by atoms with Crippen LogP contribution in [0, 0.1) is 0 Å². The van der Waals surface area contributed by atoms with Gasteiger partial charge in [0.05, 0.1) is 0 Å². The first kappa shape index (κ1) is 12.7. The Balaban J connectivity index is 0.000000606. The van der Waals surface area contributed by atoms with Crippen LogP contribution in [0.1, 0.15) is 24.8 Å². The van der Waals surface area contributed by atoms with Crippen molar-refractivity contribution in [3.8, 4) is 0 Å². The Kier molecular flexibility index (Phi) is 5.00. The van der Waals surface area contributed by atoms with Crippen LogP contribution in [0.4, 0.5) is 0 Å². The Morgan fingerprint density at radius 1 is 1.06 bits per heavy atom. The summed E-state index contributed by atoms with van der Waals surface area (Å²) in [5, 5.41) is 0.751. The number of allylic oxidation sites excluding steroid dienone is 2. The molecule has 0 heterocycles. The Morgan fingerprint density at radius 3 is 2.19 bits per heavy atom. The minimum absolute atomic E-state index is 0.336. The average molecular weight is 235 g/mol. The van der Waals surface area contributed by atoms with E-state index >= 15 is 0 Å². The number of rotatable bonds is 1. The van der Waals surface area contributed by atoms with Crippen LogP contribution in [0.15, 0.2) is 43.5 Å². The lowest BCUT2D eigenvalue weighted by Gasteiger charge is -2.11. The highest BCUT2D eigenvalue weighted by molar-refractivity contribution is 6.30. The standard InChI is InChI=1S/C12H11ClO.C2H4/c13-11-5-1-9(2-6-11)10-3-7-12(14)8-4-10;1-2/h1-3,5-6H,4,7-8H2;1-2H2. The van der Waals surface area contributed by atoms with Crippen LogP contribution in [-0.4, -0.2) is 5.78 Å². The van der Waals surface area contributed by atoms with Gasteiger partial charge in [-0.25, -0.2) is 0 Å². The molecule has 0 amide bonds. The summed E-state index contributed by atoms with van der Waals surface area (Å²) in [6, 6.07) is 7.77. The lowest BCUT2D eigenvalue weighted by atomic mass is 9.93. The summed E-state index contributed by atoms with van der Waals surface area (Å²) in [5.74, 6) is 0.336. The molecule has 0 aliphatic heterocycles. The van der Waals surface area contributed by atoms with Crippen LogP contribution in [0.2, 0.25) is 5.02 Å². The van der Waals surface area contributed by atoms with Crippen molar-refractivity contribution in [2.75, 3.05) is 0 Å². The molecule has 0 fully saturated rings. The molecule has 2 heteroatoms. The predicted octanol–water partition coefficient (Wildman–Crippen LogP) is 4.28. The van der Waals surface area contributed by atoms with E-state index in [0.29, 0.717) is 18.6 Å². The van der Waals surface area contributed by atoms with Crippen molar-refractivity contribution >= 4 is 23.0 Å². The van der Waals surface area contributed by atoms with Gasteiger partial charge >= 0.3 is 0 Å². The maximum Gasteiger partial charge on any atom is 0.137 e. The van der Waals surface area contributed by atoms with E-state index in [1.165, 1.54) is 11.1 Å². The van der Waals surface area contributed by atoms with Crippen molar-refractivity contribution in [3.05, 3.63) is 54.1 Å². The Bertz CT molecular complexity index is 390. The van der Waals surface area contributed by atoms with Crippen molar-refractivity contribution in [1.29, 1.82) is 0 Å². The van der Waals surface area contributed by atoms with Gasteiger partial charge in [-0.1, -0.05) is 29.8 Å². The summed E-state index contributed by atoms with van der Waals surface area (Å²) in [6.07, 6.45) is 4.14. The molecule has 0 spiro atoms. The zero-order valence-electron chi connectivity index (χ0n) is 9.21. The quantitative estimate of drug-likeness (QED) is 0.663. The molecular weight excluding hydrogens is 220 g/mol. The van der Waals surface area contributed by atoms with Gasteiger partial charge in [0.2, 0.25) is 0 Å². The summed E-state index contributed by atoms with van der Waals surface area (Å²) in [4.78, 5) is 11.0. The normalized spacial score (nSPS) is 14.8. The Labute approximate surface area is 101 Å². The minimum atomic E-state index is 0.336. The molecule has 0 N–H and O–H groups in total. The molecular formula is C14H15ClO. The topological polar surface area (TPSA) is 17.1 Å². The van der Waals surface area contributed by atoms with Crippen LogP contribution in [0.25, 0.3) is 5.57 Å². The van der Waals surface area contributed by atoms with Crippen molar-refractivity contribution in [1.82, 2.24) is 0 Å². The van der Waals surface area contributed by atoms with E-state index in [-0.39, 0.29) is 0 Å². The number of carbonyl (C=O) groups is 1. The second kappa shape index (κ2) is 6.29. The molecule has 1 aliphatic carbocycles. The van der Waals surface area contributed by atoms with Crippen molar-refractivity contribution in [3.63, 3.8) is 0 Å². The number of carbonyl (C=O) groups excluding carboxylic acids is 1. The first-order valence-electron chi connectivity index (χ1n) is 5.22. The molecule has 0 saturated heterocycles. The highest BCUT2D eigenvalue weighted by atomic mass is 35.5. The van der Waals surface area contributed by atoms with Crippen LogP contribution in [0.3, 0.4) is 0 Å². The summed E-state index contributed by atoms with van der Waals surface area (Å²) in [6.45, 7) is 6.00. The largest absolute Gasteiger partial charge is 0.299 e. The average Bonchev–Trinajstić information content (AvgIpc) is 2.34. The van der Waals surface area contributed by atoms with Gasteiger partial charge in [0.1, 0.15) is 5.78 Å². The van der Waals surface area contributed by atoms with Crippen LogP contribution in [0.5, 0.6) is 0 Å². The maximum absolute atomic E-state index is 11.0. The molecule has 16 heavy (non-hydrogen) atoms. The Morgan fingerprint density at radius 2 is 1.69 bits per heavy atom. The molecule has 0 bridgehead atoms. The fraction of sp³-hybridized carbons (Fsp3) is 0.214. The highest BCUT2D eigenvalue weighted by Crippen LogP contribution is 2.25. The molecule has 1 nitrogen and oxygen atoms in total. The molecule has 1 aromatic rings. The molecule has 0 radical (unpaired) electrons. The maximum atomic E-state index is 11.0. The lowest BCUT2D eigenvalue weighted by molar-refractivity contribution is -0.118. The van der Waals surface area contributed by atoms with Crippen LogP contribution < -0.4 is 0 Å². The smallest absolute Gasteiger partial charge is 0.137 e. The highest BCUT2D eigenvalue weighted by Gasteiger charge is 2.11. The third-order valence-electron chi connectivity index (χ3n) is 2.46. The van der Waals surface area contributed by atoms with E-state index < -0.39 is 0 Å². The van der Waals surface area contributed by atoms with E-state index in [1.54, 1.807) is 0 Å². The summed E-state index contributed by atoms with van der Waals surface area (Å²) in [7, 11) is 0. The summed E-state index contributed by atoms with van der Waals surface area (Å²) in [5.41, 5.74) is 2.45. The number of hydrogen-bond acceptors (Lipinski definition) is 1. The van der Waals surface area contributed by atoms with E-state index in [4.69, 9.17) is 11.6 Å². The fourth-order valence-corrected chi connectivity index (χ4v) is 1.77. The molecule has 1 aliphatic rings. The van der Waals surface area contributed by atoms with Crippen molar-refractivity contribution < 1.29 is 4.79 Å². The molecule has 0 saturated carbocycles. The number of halogens is 1. The van der Waals surface area contributed by atoms with Gasteiger partial charge in [0.25, 0.3) is 0 Å². The third kappa shape index (κ3) is 3.35. The molecule has 84 valence electrons. The van der Waals surface area contributed by atoms with E-state index in [2.05, 4.69) is 13.2 Å². The fourth-order valence-electron chi connectivity index (χ4n) is 1.64. The van der Waals surface area contributed by atoms with E-state index in [9.17, 15) is 4.79 Å². The van der Waals surface area contributed by atoms with Gasteiger partial charge in [0, 0.05) is 17.9 Å². The van der Waals surface area contributed by atoms with Gasteiger partial charge in [-0.2, -0.15) is 0 Å². The van der Waals surface area contributed by atoms with Crippen molar-refractivity contribution in [2.24, 2.45) is 0 Å². The van der Waals surface area contributed by atoms with Crippen LogP contribution >= 0.6 is 11.6 Å². The predicted molar refractivity (Wildman–Crippen MR) is 69.5 cm³/mol. The second-order valence-corrected chi connectivity index (χ2v) is 3.92. The molecule has 0 atom stereocenters. The summed E-state index contributed by atoms with van der Waals surface area (Å²) >= 11 is 5.80. The SMILES string of the molecule is C=C.O=C1CC=C(c2ccc(Cl)cc2)CC1. The zero-order chi connectivity index (χ0) is 12.0. The minimum Gasteiger partial charge on any atom is -0.299 e. The Hall–Kier alpha value is -1.34. The molecule has 2 rings (SSSR count). The van der Waals surface area contributed by atoms with Crippen molar-refractivity contribution in [2.45, 2.75) is 19.3 Å². The molecule has 0 aromatic heterocycles. The van der Waals surface area contributed by atoms with E-state index in [1.807, 2.05) is 30.3 Å². The first-order valence-corrected chi connectivity index (χ1v) is 5.60. The zero-order valence-corrected chi connectivity index (χ0v) is 9.96. The summed E-state index contributed by atoms with van der Waals surface area (Å²) < 4.78 is 0. The van der Waals surface area contributed by atoms with Crippen LogP contribution in [-0.2, 0) is 4.79 Å². The van der Waals surface area contributed by atoms with E-state index in [0.717, 1.165) is 11.4 Å². The lowest BCUT2D eigenvalue weighted by Crippen LogP contribution is -2.02. The van der Waals surface area contributed by atoms with Gasteiger partial charge in [-0.15, -0.1) is 13.2 Å². The number of Topliss-reactive ketones (excluding diaryl/α,β-unsaturated/α-hetero) is 1. The number of ketones is 1. The first-order chi connectivity index (χ1) is 7.75. The van der Waals surface area contributed by atoms with Gasteiger partial charge < -0.3 is 0 Å². The van der Waals surface area contributed by atoms with Gasteiger partial charge in [-0.05, 0) is 29.7 Å². The number of hydrogen-bond donors (Lipinski definition) is 0. The van der Waals surface area contributed by atoms with Gasteiger partial charge in [0.15, 0.2) is 0 Å². The number of benzene rings is 1. The third-order valence-corrected chi connectivity index (χ3v) is 2.72.